The van der Waals surface area contributed by atoms with Crippen LogP contribution in [0.4, 0.5) is 0 Å². The van der Waals surface area contributed by atoms with Crippen molar-refractivity contribution in [2.45, 2.75) is 19.4 Å². The quantitative estimate of drug-likeness (QED) is 0.853. The van der Waals surface area contributed by atoms with E-state index in [1.807, 2.05) is 43.3 Å². The maximum absolute atomic E-state index is 10.1. The van der Waals surface area contributed by atoms with Gasteiger partial charge in [-0.1, -0.05) is 37.3 Å². The Bertz CT molecular complexity index is 491. The number of hydrogen-bond acceptors (Lipinski definition) is 2. The van der Waals surface area contributed by atoms with E-state index in [2.05, 4.69) is 0 Å². The highest BCUT2D eigenvalue weighted by molar-refractivity contribution is 5.88. The van der Waals surface area contributed by atoms with Crippen LogP contribution in [0.5, 0.6) is 5.75 Å². The molecule has 2 rings (SSSR count). The molecule has 2 aromatic carbocycles. The van der Waals surface area contributed by atoms with Gasteiger partial charge < -0.3 is 9.84 Å². The predicted octanol–water partition coefficient (Wildman–Crippen LogP) is 3.29. The molecule has 2 aromatic rings. The molecular weight excluding hydrogens is 200 g/mol. The van der Waals surface area contributed by atoms with E-state index >= 15 is 0 Å². The standard InChI is InChI=1S/C14H16O2/c1-3-12(15)14-11-7-5-4-6-10(11)8-9-13(14)16-2/h4-9,12,15H,3H2,1-2H3/t12-/m1/s1. The van der Waals surface area contributed by atoms with Gasteiger partial charge in [-0.2, -0.15) is 0 Å². The van der Waals surface area contributed by atoms with Crippen molar-refractivity contribution in [3.63, 3.8) is 0 Å². The van der Waals surface area contributed by atoms with E-state index in [9.17, 15) is 5.11 Å². The lowest BCUT2D eigenvalue weighted by atomic mass is 9.98. The van der Waals surface area contributed by atoms with Crippen molar-refractivity contribution in [2.75, 3.05) is 7.11 Å². The fraction of sp³-hybridized carbons (Fsp3) is 0.286. The van der Waals surface area contributed by atoms with Gasteiger partial charge in [0.25, 0.3) is 0 Å². The molecule has 0 aromatic heterocycles. The number of fused-ring (bicyclic) bond motifs is 1. The Morgan fingerprint density at radius 1 is 1.19 bits per heavy atom. The summed E-state index contributed by atoms with van der Waals surface area (Å²) in [6.07, 6.45) is 0.214. The summed E-state index contributed by atoms with van der Waals surface area (Å²) in [6, 6.07) is 12.0. The second-order valence-electron chi connectivity index (χ2n) is 3.83. The molecule has 0 radical (unpaired) electrons. The van der Waals surface area contributed by atoms with E-state index in [1.54, 1.807) is 7.11 Å². The summed E-state index contributed by atoms with van der Waals surface area (Å²) < 4.78 is 5.32. The van der Waals surface area contributed by atoms with Crippen LogP contribution >= 0.6 is 0 Å². The highest BCUT2D eigenvalue weighted by Crippen LogP contribution is 2.34. The van der Waals surface area contributed by atoms with Crippen LogP contribution < -0.4 is 4.74 Å². The first-order valence-electron chi connectivity index (χ1n) is 5.51. The highest BCUT2D eigenvalue weighted by atomic mass is 16.5. The Morgan fingerprint density at radius 2 is 1.94 bits per heavy atom. The van der Waals surface area contributed by atoms with Crippen LogP contribution in [0.3, 0.4) is 0 Å². The monoisotopic (exact) mass is 216 g/mol. The van der Waals surface area contributed by atoms with Crippen molar-refractivity contribution in [2.24, 2.45) is 0 Å². The summed E-state index contributed by atoms with van der Waals surface area (Å²) in [5.41, 5.74) is 0.892. The Labute approximate surface area is 95.5 Å². The normalized spacial score (nSPS) is 12.7. The molecule has 0 bridgehead atoms. The summed E-state index contributed by atoms with van der Waals surface area (Å²) >= 11 is 0. The van der Waals surface area contributed by atoms with Crippen molar-refractivity contribution in [3.05, 3.63) is 42.0 Å². The summed E-state index contributed by atoms with van der Waals surface area (Å²) in [4.78, 5) is 0. The van der Waals surface area contributed by atoms with Gasteiger partial charge in [0.1, 0.15) is 5.75 Å². The zero-order chi connectivity index (χ0) is 11.5. The smallest absolute Gasteiger partial charge is 0.125 e. The molecule has 1 atom stereocenters. The minimum atomic E-state index is -0.471. The van der Waals surface area contributed by atoms with E-state index < -0.39 is 6.10 Å². The van der Waals surface area contributed by atoms with Gasteiger partial charge in [0, 0.05) is 5.56 Å². The molecule has 84 valence electrons. The zero-order valence-corrected chi connectivity index (χ0v) is 9.60. The van der Waals surface area contributed by atoms with Crippen LogP contribution in [0.25, 0.3) is 10.8 Å². The van der Waals surface area contributed by atoms with Gasteiger partial charge in [-0.05, 0) is 23.3 Å². The van der Waals surface area contributed by atoms with Crippen molar-refractivity contribution < 1.29 is 9.84 Å². The molecule has 0 fully saturated rings. The number of aliphatic hydroxyl groups is 1. The number of benzene rings is 2. The van der Waals surface area contributed by atoms with Crippen LogP contribution in [-0.2, 0) is 0 Å². The molecule has 0 unspecified atom stereocenters. The Morgan fingerprint density at radius 3 is 2.62 bits per heavy atom. The molecule has 0 aliphatic heterocycles. The van der Waals surface area contributed by atoms with Crippen molar-refractivity contribution in [3.8, 4) is 5.75 Å². The predicted molar refractivity (Wildman–Crippen MR) is 65.8 cm³/mol. The Hall–Kier alpha value is -1.54. The molecule has 0 heterocycles. The van der Waals surface area contributed by atoms with Crippen LogP contribution in [0.1, 0.15) is 25.0 Å². The molecule has 2 nitrogen and oxygen atoms in total. The van der Waals surface area contributed by atoms with Gasteiger partial charge in [0.15, 0.2) is 0 Å². The first-order valence-corrected chi connectivity index (χ1v) is 5.51. The summed E-state index contributed by atoms with van der Waals surface area (Å²) in [5, 5.41) is 12.3. The summed E-state index contributed by atoms with van der Waals surface area (Å²) in [6.45, 7) is 1.96. The molecule has 0 saturated heterocycles. The fourth-order valence-electron chi connectivity index (χ4n) is 2.00. The number of ether oxygens (including phenoxy) is 1. The van der Waals surface area contributed by atoms with Gasteiger partial charge in [-0.15, -0.1) is 0 Å². The molecule has 0 spiro atoms. The minimum absolute atomic E-state index is 0.471. The molecule has 0 aliphatic rings. The van der Waals surface area contributed by atoms with Crippen LogP contribution in [0, 0.1) is 0 Å². The van der Waals surface area contributed by atoms with Crippen molar-refractivity contribution in [1.82, 2.24) is 0 Å². The average molecular weight is 216 g/mol. The third kappa shape index (κ3) is 1.76. The zero-order valence-electron chi connectivity index (χ0n) is 9.60. The molecule has 2 heteroatoms. The largest absolute Gasteiger partial charge is 0.496 e. The van der Waals surface area contributed by atoms with Crippen molar-refractivity contribution >= 4 is 10.8 Å². The average Bonchev–Trinajstić information content (AvgIpc) is 2.36. The molecular formula is C14H16O2. The number of rotatable bonds is 3. The van der Waals surface area contributed by atoms with Gasteiger partial charge in [-0.3, -0.25) is 0 Å². The van der Waals surface area contributed by atoms with E-state index in [1.165, 1.54) is 0 Å². The van der Waals surface area contributed by atoms with E-state index in [0.29, 0.717) is 6.42 Å². The third-order valence-corrected chi connectivity index (χ3v) is 2.87. The number of hydrogen-bond donors (Lipinski definition) is 1. The maximum atomic E-state index is 10.1. The lowest BCUT2D eigenvalue weighted by Crippen LogP contribution is -2.00. The van der Waals surface area contributed by atoms with E-state index in [-0.39, 0.29) is 0 Å². The molecule has 16 heavy (non-hydrogen) atoms. The minimum Gasteiger partial charge on any atom is -0.496 e. The number of methoxy groups -OCH3 is 1. The van der Waals surface area contributed by atoms with Crippen LogP contribution in [0.15, 0.2) is 36.4 Å². The van der Waals surface area contributed by atoms with Gasteiger partial charge in [0.05, 0.1) is 13.2 Å². The molecule has 1 N–H and O–H groups in total. The third-order valence-electron chi connectivity index (χ3n) is 2.87. The lowest BCUT2D eigenvalue weighted by molar-refractivity contribution is 0.171. The molecule has 0 saturated carbocycles. The SMILES string of the molecule is CC[C@@H](O)c1c(OC)ccc2ccccc12. The summed E-state index contributed by atoms with van der Waals surface area (Å²) in [5.74, 6) is 0.757. The summed E-state index contributed by atoms with van der Waals surface area (Å²) in [7, 11) is 1.63. The van der Waals surface area contributed by atoms with Gasteiger partial charge >= 0.3 is 0 Å². The van der Waals surface area contributed by atoms with E-state index in [0.717, 1.165) is 22.1 Å². The maximum Gasteiger partial charge on any atom is 0.125 e. The lowest BCUT2D eigenvalue weighted by Gasteiger charge is -2.16. The number of aliphatic hydroxyl groups excluding tert-OH is 1. The topological polar surface area (TPSA) is 29.5 Å². The first kappa shape index (κ1) is 11.0. The van der Waals surface area contributed by atoms with Crippen LogP contribution in [0.2, 0.25) is 0 Å². The van der Waals surface area contributed by atoms with Gasteiger partial charge in [0.2, 0.25) is 0 Å². The first-order chi connectivity index (χ1) is 7.77. The van der Waals surface area contributed by atoms with Gasteiger partial charge in [-0.25, -0.2) is 0 Å². The van der Waals surface area contributed by atoms with Crippen molar-refractivity contribution in [1.29, 1.82) is 0 Å². The molecule has 0 amide bonds. The highest BCUT2D eigenvalue weighted by Gasteiger charge is 2.14. The fourth-order valence-corrected chi connectivity index (χ4v) is 2.00. The second-order valence-corrected chi connectivity index (χ2v) is 3.83. The Kier molecular flexibility index (Phi) is 3.11. The molecule has 0 aliphatic carbocycles. The second kappa shape index (κ2) is 4.54. The van der Waals surface area contributed by atoms with E-state index in [4.69, 9.17) is 4.74 Å². The Balaban J connectivity index is 2.72. The van der Waals surface area contributed by atoms with Crippen LogP contribution in [-0.4, -0.2) is 12.2 Å².